The number of carbonyl (C=O) groups excluding carboxylic acids is 2. The van der Waals surface area contributed by atoms with E-state index in [-0.39, 0.29) is 11.3 Å². The fraction of sp³-hybridized carbons (Fsp3) is 0.222. The van der Waals surface area contributed by atoms with E-state index in [9.17, 15) is 14.0 Å². The summed E-state index contributed by atoms with van der Waals surface area (Å²) in [4.78, 5) is 25.9. The first-order chi connectivity index (χ1) is 12.0. The monoisotopic (exact) mass is 346 g/mol. The third kappa shape index (κ3) is 3.88. The summed E-state index contributed by atoms with van der Waals surface area (Å²) in [5.41, 5.74) is 0.903. The number of hydrogen-bond donors (Lipinski definition) is 1. The van der Waals surface area contributed by atoms with Gasteiger partial charge in [0.1, 0.15) is 11.5 Å². The van der Waals surface area contributed by atoms with Gasteiger partial charge in [-0.3, -0.25) is 0 Å². The van der Waals surface area contributed by atoms with Crippen LogP contribution in [0.25, 0.3) is 0 Å². The second kappa shape index (κ2) is 8.14. The molecule has 0 fully saturated rings. The minimum atomic E-state index is -0.747. The molecule has 0 atom stereocenters. The molecular formula is C18H19FN2O4. The van der Waals surface area contributed by atoms with Gasteiger partial charge in [-0.1, -0.05) is 6.08 Å². The second-order valence-electron chi connectivity index (χ2n) is 5.01. The fourth-order valence-corrected chi connectivity index (χ4v) is 2.40. The molecule has 6 nitrogen and oxygen atoms in total. The normalized spacial score (nSPS) is 13.5. The van der Waals surface area contributed by atoms with Gasteiger partial charge in [0.25, 0.3) is 0 Å². The first-order valence-electron chi connectivity index (χ1n) is 7.61. The summed E-state index contributed by atoms with van der Waals surface area (Å²) in [5.74, 6) is -1.93. The van der Waals surface area contributed by atoms with Gasteiger partial charge in [0.15, 0.2) is 0 Å². The third-order valence-corrected chi connectivity index (χ3v) is 3.48. The number of anilines is 2. The van der Waals surface area contributed by atoms with Crippen LogP contribution >= 0.6 is 0 Å². The van der Waals surface area contributed by atoms with Crippen molar-refractivity contribution in [3.8, 4) is 0 Å². The van der Waals surface area contributed by atoms with Crippen molar-refractivity contribution in [1.82, 2.24) is 0 Å². The number of carbonyl (C=O) groups is 2. The van der Waals surface area contributed by atoms with Crippen molar-refractivity contribution in [2.45, 2.75) is 6.92 Å². The highest BCUT2D eigenvalue weighted by Gasteiger charge is 2.28. The van der Waals surface area contributed by atoms with Gasteiger partial charge in [0.2, 0.25) is 0 Å². The van der Waals surface area contributed by atoms with E-state index in [0.717, 1.165) is 0 Å². The number of ether oxygens (including phenoxy) is 2. The summed E-state index contributed by atoms with van der Waals surface area (Å²) in [6.45, 7) is 2.49. The first-order valence-corrected chi connectivity index (χ1v) is 7.61. The minimum Gasteiger partial charge on any atom is -0.465 e. The van der Waals surface area contributed by atoms with E-state index in [4.69, 9.17) is 9.47 Å². The molecule has 0 saturated heterocycles. The molecule has 1 aromatic carbocycles. The van der Waals surface area contributed by atoms with Crippen molar-refractivity contribution in [1.29, 1.82) is 0 Å². The standard InChI is InChI=1S/C18H19FN2O4/c1-4-20-14-9-8-12(19)11-15(14)21-10-6-5-7-13(17(22)24-2)16(21)18(23)25-3/h5-11,20H,4H2,1-3H3. The van der Waals surface area contributed by atoms with Crippen LogP contribution in [0.3, 0.4) is 0 Å². The van der Waals surface area contributed by atoms with Crippen LogP contribution in [0.1, 0.15) is 6.92 Å². The van der Waals surface area contributed by atoms with Crippen molar-refractivity contribution in [2.75, 3.05) is 31.0 Å². The lowest BCUT2D eigenvalue weighted by Crippen LogP contribution is -2.27. The Morgan fingerprint density at radius 2 is 1.88 bits per heavy atom. The van der Waals surface area contributed by atoms with E-state index in [0.29, 0.717) is 17.9 Å². The highest BCUT2D eigenvalue weighted by molar-refractivity contribution is 6.06. The van der Waals surface area contributed by atoms with Gasteiger partial charge in [-0.25, -0.2) is 14.0 Å². The molecule has 1 aliphatic heterocycles. The van der Waals surface area contributed by atoms with Crippen molar-refractivity contribution in [2.24, 2.45) is 0 Å². The van der Waals surface area contributed by atoms with Gasteiger partial charge < -0.3 is 19.7 Å². The van der Waals surface area contributed by atoms with Crippen molar-refractivity contribution < 1.29 is 23.5 Å². The Hall–Kier alpha value is -3.09. The Morgan fingerprint density at radius 3 is 2.52 bits per heavy atom. The quantitative estimate of drug-likeness (QED) is 0.827. The summed E-state index contributed by atoms with van der Waals surface area (Å²) in [6.07, 6.45) is 6.20. The van der Waals surface area contributed by atoms with Crippen molar-refractivity contribution >= 4 is 23.3 Å². The number of esters is 2. The van der Waals surface area contributed by atoms with Crippen molar-refractivity contribution in [3.05, 3.63) is 59.7 Å². The minimum absolute atomic E-state index is 0.00561. The summed E-state index contributed by atoms with van der Waals surface area (Å²) in [5, 5.41) is 3.10. The van der Waals surface area contributed by atoms with E-state index in [1.807, 2.05) is 6.92 Å². The highest BCUT2D eigenvalue weighted by Crippen LogP contribution is 2.33. The fourth-order valence-electron chi connectivity index (χ4n) is 2.40. The number of rotatable bonds is 5. The molecule has 0 amide bonds. The average molecular weight is 346 g/mol. The van der Waals surface area contributed by atoms with Crippen molar-refractivity contribution in [3.63, 3.8) is 0 Å². The Bertz CT molecular complexity index is 768. The smallest absolute Gasteiger partial charge is 0.355 e. The zero-order valence-corrected chi connectivity index (χ0v) is 14.2. The number of nitrogens with one attached hydrogen (secondary N) is 1. The lowest BCUT2D eigenvalue weighted by Gasteiger charge is -2.25. The number of nitrogens with zero attached hydrogens (tertiary/aromatic N) is 1. The zero-order chi connectivity index (χ0) is 18.4. The zero-order valence-electron chi connectivity index (χ0n) is 14.2. The van der Waals surface area contributed by atoms with Gasteiger partial charge in [0, 0.05) is 12.7 Å². The average Bonchev–Trinajstić information content (AvgIpc) is 2.84. The molecule has 1 N–H and O–H groups in total. The van der Waals surface area contributed by atoms with E-state index in [1.165, 1.54) is 37.3 Å². The largest absolute Gasteiger partial charge is 0.465 e. The molecule has 0 radical (unpaired) electrons. The SMILES string of the molecule is CCNc1ccc(F)cc1N1C=CC=CC(C(=O)OC)=C1C(=O)OC. The lowest BCUT2D eigenvalue weighted by atomic mass is 10.1. The molecule has 0 spiro atoms. The Kier molecular flexibility index (Phi) is 5.94. The van der Waals surface area contributed by atoms with E-state index in [2.05, 4.69) is 5.32 Å². The summed E-state index contributed by atoms with van der Waals surface area (Å²) >= 11 is 0. The molecule has 0 aromatic heterocycles. The Labute approximate surface area is 145 Å². The van der Waals surface area contributed by atoms with E-state index in [1.54, 1.807) is 24.4 Å². The Balaban J connectivity index is 2.71. The predicted octanol–water partition coefficient (Wildman–Crippen LogP) is 2.75. The highest BCUT2D eigenvalue weighted by atomic mass is 19.1. The van der Waals surface area contributed by atoms with E-state index >= 15 is 0 Å². The summed E-state index contributed by atoms with van der Waals surface area (Å²) in [6, 6.07) is 4.14. The molecule has 0 aliphatic carbocycles. The number of allylic oxidation sites excluding steroid dienone is 2. The molecular weight excluding hydrogens is 327 g/mol. The molecule has 0 saturated carbocycles. The molecule has 0 bridgehead atoms. The van der Waals surface area contributed by atoms with Crippen LogP contribution in [0.4, 0.5) is 15.8 Å². The van der Waals surface area contributed by atoms with Gasteiger partial charge >= 0.3 is 11.9 Å². The molecule has 1 heterocycles. The molecule has 25 heavy (non-hydrogen) atoms. The third-order valence-electron chi connectivity index (χ3n) is 3.48. The Morgan fingerprint density at radius 1 is 1.16 bits per heavy atom. The number of hydrogen-bond acceptors (Lipinski definition) is 6. The van der Waals surface area contributed by atoms with Gasteiger partial charge in [-0.15, -0.1) is 0 Å². The van der Waals surface area contributed by atoms with Crippen LogP contribution in [0.2, 0.25) is 0 Å². The molecule has 132 valence electrons. The number of benzene rings is 1. The van der Waals surface area contributed by atoms with Crippen LogP contribution in [0, 0.1) is 5.82 Å². The molecule has 1 aliphatic rings. The van der Waals surface area contributed by atoms with Gasteiger partial charge in [-0.05, 0) is 37.3 Å². The molecule has 7 heteroatoms. The van der Waals surface area contributed by atoms with Crippen LogP contribution < -0.4 is 10.2 Å². The molecule has 1 aromatic rings. The lowest BCUT2D eigenvalue weighted by molar-refractivity contribution is -0.139. The maximum atomic E-state index is 13.9. The topological polar surface area (TPSA) is 67.9 Å². The maximum Gasteiger partial charge on any atom is 0.355 e. The van der Waals surface area contributed by atoms with Gasteiger partial charge in [0.05, 0.1) is 31.2 Å². The number of halogens is 1. The number of methoxy groups -OCH3 is 2. The van der Waals surface area contributed by atoms with E-state index < -0.39 is 17.8 Å². The van der Waals surface area contributed by atoms with Crippen LogP contribution in [0.5, 0.6) is 0 Å². The summed E-state index contributed by atoms with van der Waals surface area (Å²) < 4.78 is 23.4. The van der Waals surface area contributed by atoms with Crippen LogP contribution in [-0.2, 0) is 19.1 Å². The second-order valence-corrected chi connectivity index (χ2v) is 5.01. The maximum absolute atomic E-state index is 13.9. The predicted molar refractivity (Wildman–Crippen MR) is 92.4 cm³/mol. The van der Waals surface area contributed by atoms with Gasteiger partial charge in [-0.2, -0.15) is 0 Å². The first kappa shape index (κ1) is 18.3. The molecule has 0 unspecified atom stereocenters. The molecule has 2 rings (SSSR count). The summed E-state index contributed by atoms with van der Waals surface area (Å²) in [7, 11) is 2.42. The van der Waals surface area contributed by atoms with Crippen LogP contribution in [-0.4, -0.2) is 32.7 Å². The van der Waals surface area contributed by atoms with Crippen LogP contribution in [0.15, 0.2) is 53.9 Å².